The maximum absolute atomic E-state index is 13.4. The van der Waals surface area contributed by atoms with Crippen molar-refractivity contribution in [3.8, 4) is 0 Å². The molecular formula is C31H41N5O5. The molecule has 1 aromatic heterocycles. The minimum absolute atomic E-state index is 0.0642. The summed E-state index contributed by atoms with van der Waals surface area (Å²) < 4.78 is 0. The standard InChI is InChI=1S/C31H41N5O5/c1-5-19(4)27(36-28(37)23(32)15-20-11-7-6-8-12-20)30(39)35-26(18(2)3)29(38)34-25(31(40)41)16-21-17-33-24-14-10-9-13-22(21)24/h6-14,17-19,23,25-27,33H,5,15-16,32H2,1-4H3,(H,34,38)(H,35,39)(H,36,37)(H,40,41). The molecule has 0 aliphatic heterocycles. The summed E-state index contributed by atoms with van der Waals surface area (Å²) >= 11 is 0. The predicted molar refractivity (Wildman–Crippen MR) is 158 cm³/mol. The molecule has 0 aliphatic rings. The molecule has 5 unspecified atom stereocenters. The number of carbonyl (C=O) groups is 4. The minimum Gasteiger partial charge on any atom is -0.480 e. The van der Waals surface area contributed by atoms with Gasteiger partial charge >= 0.3 is 5.97 Å². The molecule has 2 aromatic carbocycles. The van der Waals surface area contributed by atoms with E-state index in [2.05, 4.69) is 20.9 Å². The highest BCUT2D eigenvalue weighted by Gasteiger charge is 2.34. The number of rotatable bonds is 14. The number of nitrogens with two attached hydrogens (primary N) is 1. The lowest BCUT2D eigenvalue weighted by Crippen LogP contribution is -2.60. The van der Waals surface area contributed by atoms with Gasteiger partial charge in [-0.3, -0.25) is 14.4 Å². The minimum atomic E-state index is -1.21. The van der Waals surface area contributed by atoms with Crippen molar-refractivity contribution >= 4 is 34.6 Å². The number of aliphatic carboxylic acids is 1. The number of nitrogens with one attached hydrogen (secondary N) is 4. The second kappa shape index (κ2) is 14.5. The lowest BCUT2D eigenvalue weighted by molar-refractivity contribution is -0.142. The van der Waals surface area contributed by atoms with Crippen LogP contribution in [0.3, 0.4) is 0 Å². The number of aromatic amines is 1. The number of carboxylic acids is 1. The van der Waals surface area contributed by atoms with Gasteiger partial charge in [0, 0.05) is 23.5 Å². The summed E-state index contributed by atoms with van der Waals surface area (Å²) in [4.78, 5) is 54.9. The Bertz CT molecular complexity index is 1340. The first-order chi connectivity index (χ1) is 19.5. The number of carbonyl (C=O) groups excluding carboxylic acids is 3. The van der Waals surface area contributed by atoms with E-state index < -0.39 is 47.9 Å². The number of para-hydroxylation sites is 1. The maximum Gasteiger partial charge on any atom is 0.326 e. The lowest BCUT2D eigenvalue weighted by Gasteiger charge is -2.29. The van der Waals surface area contributed by atoms with Crippen LogP contribution in [-0.4, -0.2) is 57.9 Å². The fourth-order valence-corrected chi connectivity index (χ4v) is 4.68. The molecule has 0 aliphatic carbocycles. The quantitative estimate of drug-likeness (QED) is 0.176. The molecule has 1 heterocycles. The molecule has 0 saturated heterocycles. The van der Waals surface area contributed by atoms with Gasteiger partial charge in [0.25, 0.3) is 0 Å². The van der Waals surface area contributed by atoms with Crippen LogP contribution in [0.15, 0.2) is 60.8 Å². The van der Waals surface area contributed by atoms with E-state index in [4.69, 9.17) is 5.73 Å². The van der Waals surface area contributed by atoms with Gasteiger partial charge in [0.1, 0.15) is 18.1 Å². The summed E-state index contributed by atoms with van der Waals surface area (Å²) in [6, 6.07) is 12.8. The van der Waals surface area contributed by atoms with Crippen molar-refractivity contribution in [3.05, 3.63) is 71.9 Å². The number of benzene rings is 2. The van der Waals surface area contributed by atoms with Gasteiger partial charge in [0.15, 0.2) is 0 Å². The third-order valence-electron chi connectivity index (χ3n) is 7.39. The number of aromatic nitrogens is 1. The molecule has 0 fully saturated rings. The van der Waals surface area contributed by atoms with E-state index in [9.17, 15) is 24.3 Å². The van der Waals surface area contributed by atoms with Gasteiger partial charge in [0.05, 0.1) is 6.04 Å². The number of hydrogen-bond acceptors (Lipinski definition) is 5. The van der Waals surface area contributed by atoms with Gasteiger partial charge in [-0.2, -0.15) is 0 Å². The van der Waals surface area contributed by atoms with Gasteiger partial charge < -0.3 is 31.8 Å². The Morgan fingerprint density at radius 3 is 2.07 bits per heavy atom. The van der Waals surface area contributed by atoms with E-state index in [1.165, 1.54) is 0 Å². The van der Waals surface area contributed by atoms with Gasteiger partial charge in [-0.1, -0.05) is 82.6 Å². The van der Waals surface area contributed by atoms with E-state index >= 15 is 0 Å². The zero-order valence-corrected chi connectivity index (χ0v) is 24.0. The molecule has 7 N–H and O–H groups in total. The Balaban J connectivity index is 1.70. The van der Waals surface area contributed by atoms with E-state index in [0.717, 1.165) is 22.0 Å². The van der Waals surface area contributed by atoms with Crippen LogP contribution in [0.25, 0.3) is 10.9 Å². The molecule has 0 radical (unpaired) electrons. The summed E-state index contributed by atoms with van der Waals surface area (Å²) in [7, 11) is 0. The molecule has 5 atom stereocenters. The van der Waals surface area contributed by atoms with Crippen LogP contribution in [0.5, 0.6) is 0 Å². The fourth-order valence-electron chi connectivity index (χ4n) is 4.68. The SMILES string of the molecule is CCC(C)C(NC(=O)C(N)Cc1ccccc1)C(=O)NC(C(=O)NC(Cc1c[nH]c2ccccc12)C(=O)O)C(C)C. The summed E-state index contributed by atoms with van der Waals surface area (Å²) in [5, 5.41) is 18.9. The number of hydrogen-bond donors (Lipinski definition) is 6. The number of H-pyrrole nitrogens is 1. The van der Waals surface area contributed by atoms with Crippen molar-refractivity contribution in [1.29, 1.82) is 0 Å². The second-order valence-electron chi connectivity index (χ2n) is 10.9. The molecule has 10 heteroatoms. The predicted octanol–water partition coefficient (Wildman–Crippen LogP) is 2.52. The van der Waals surface area contributed by atoms with Crippen molar-refractivity contribution in [2.24, 2.45) is 17.6 Å². The Hall–Kier alpha value is -4.18. The van der Waals surface area contributed by atoms with Gasteiger partial charge in [-0.05, 0) is 35.4 Å². The summed E-state index contributed by atoms with van der Waals surface area (Å²) in [5.41, 5.74) is 8.67. The molecular weight excluding hydrogens is 522 g/mol. The average Bonchev–Trinajstić information content (AvgIpc) is 3.36. The lowest BCUT2D eigenvalue weighted by atomic mass is 9.95. The zero-order chi connectivity index (χ0) is 30.1. The molecule has 0 spiro atoms. The molecule has 3 amide bonds. The van der Waals surface area contributed by atoms with Crippen molar-refractivity contribution in [2.75, 3.05) is 0 Å². The number of amides is 3. The smallest absolute Gasteiger partial charge is 0.326 e. The Labute approximate surface area is 240 Å². The third-order valence-corrected chi connectivity index (χ3v) is 7.39. The molecule has 220 valence electrons. The molecule has 10 nitrogen and oxygen atoms in total. The number of fused-ring (bicyclic) bond motifs is 1. The van der Waals surface area contributed by atoms with Crippen LogP contribution in [0.1, 0.15) is 45.2 Å². The van der Waals surface area contributed by atoms with E-state index in [1.807, 2.05) is 68.4 Å². The topological polar surface area (TPSA) is 166 Å². The van der Waals surface area contributed by atoms with E-state index in [-0.39, 0.29) is 18.3 Å². The molecule has 0 saturated carbocycles. The summed E-state index contributed by atoms with van der Waals surface area (Å²) in [6.45, 7) is 7.24. The largest absolute Gasteiger partial charge is 0.480 e. The van der Waals surface area contributed by atoms with Crippen LogP contribution in [0.4, 0.5) is 0 Å². The van der Waals surface area contributed by atoms with Crippen LogP contribution in [-0.2, 0) is 32.0 Å². The van der Waals surface area contributed by atoms with Crippen LogP contribution >= 0.6 is 0 Å². The normalized spacial score (nSPS) is 15.0. The second-order valence-corrected chi connectivity index (χ2v) is 10.9. The van der Waals surface area contributed by atoms with Crippen molar-refractivity contribution in [2.45, 2.75) is 71.1 Å². The van der Waals surface area contributed by atoms with Gasteiger partial charge in [0.2, 0.25) is 17.7 Å². The van der Waals surface area contributed by atoms with E-state index in [0.29, 0.717) is 12.8 Å². The third kappa shape index (κ3) is 8.40. The molecule has 3 rings (SSSR count). The van der Waals surface area contributed by atoms with Crippen molar-refractivity contribution < 1.29 is 24.3 Å². The van der Waals surface area contributed by atoms with Gasteiger partial charge in [-0.25, -0.2) is 4.79 Å². The fraction of sp³-hybridized carbons (Fsp3) is 0.419. The highest BCUT2D eigenvalue weighted by atomic mass is 16.4. The summed E-state index contributed by atoms with van der Waals surface area (Å²) in [5.74, 6) is -3.39. The van der Waals surface area contributed by atoms with E-state index in [1.54, 1.807) is 20.0 Å². The van der Waals surface area contributed by atoms with Crippen molar-refractivity contribution in [1.82, 2.24) is 20.9 Å². The first kappa shape index (κ1) is 31.3. The Morgan fingerprint density at radius 2 is 1.44 bits per heavy atom. The summed E-state index contributed by atoms with van der Waals surface area (Å²) in [6.07, 6.45) is 2.70. The Morgan fingerprint density at radius 1 is 0.829 bits per heavy atom. The first-order valence-corrected chi connectivity index (χ1v) is 14.0. The monoisotopic (exact) mass is 563 g/mol. The zero-order valence-electron chi connectivity index (χ0n) is 24.0. The average molecular weight is 564 g/mol. The van der Waals surface area contributed by atoms with Crippen LogP contribution in [0.2, 0.25) is 0 Å². The molecule has 3 aromatic rings. The highest BCUT2D eigenvalue weighted by Crippen LogP contribution is 2.19. The Kier molecular flexibility index (Phi) is 11.0. The first-order valence-electron chi connectivity index (χ1n) is 14.0. The molecule has 0 bridgehead atoms. The van der Waals surface area contributed by atoms with Crippen LogP contribution < -0.4 is 21.7 Å². The van der Waals surface area contributed by atoms with Crippen LogP contribution in [0, 0.1) is 11.8 Å². The van der Waals surface area contributed by atoms with Crippen molar-refractivity contribution in [3.63, 3.8) is 0 Å². The molecule has 41 heavy (non-hydrogen) atoms. The number of carboxylic acid groups (broad SMARTS) is 1. The van der Waals surface area contributed by atoms with Gasteiger partial charge in [-0.15, -0.1) is 0 Å². The maximum atomic E-state index is 13.4. The highest BCUT2D eigenvalue weighted by molar-refractivity contribution is 5.94.